The molecule has 2 rings (SSSR count). The lowest BCUT2D eigenvalue weighted by Gasteiger charge is -2.15. The monoisotopic (exact) mass is 333 g/mol. The molecule has 0 spiro atoms. The van der Waals surface area contributed by atoms with E-state index in [1.54, 1.807) is 11.8 Å². The molecule has 0 bridgehead atoms. The summed E-state index contributed by atoms with van der Waals surface area (Å²) in [7, 11) is 1.91. The van der Waals surface area contributed by atoms with Crippen LogP contribution < -0.4 is 5.32 Å². The number of carbonyl (C=O) groups is 1. The van der Waals surface area contributed by atoms with E-state index in [4.69, 9.17) is 5.11 Å². The van der Waals surface area contributed by atoms with Crippen molar-refractivity contribution >= 4 is 17.7 Å². The standard InChI is InChI=1S/C17H23N3O2S/c1-11(16-12(2)19-20(4)13(16)3)18-17(22)14-5-7-15(8-6-14)23-10-9-21/h5-8,11,21H,9-10H2,1-4H3,(H,18,22)/t11-/m1/s1. The molecule has 0 aliphatic rings. The van der Waals surface area contributed by atoms with Crippen LogP contribution in [0, 0.1) is 13.8 Å². The maximum absolute atomic E-state index is 12.4. The van der Waals surface area contributed by atoms with Gasteiger partial charge in [-0.05, 0) is 45.0 Å². The van der Waals surface area contributed by atoms with E-state index in [1.165, 1.54) is 0 Å². The first-order valence-electron chi connectivity index (χ1n) is 7.58. The summed E-state index contributed by atoms with van der Waals surface area (Å²) in [6, 6.07) is 7.33. The number of hydrogen-bond acceptors (Lipinski definition) is 4. The number of aliphatic hydroxyl groups is 1. The summed E-state index contributed by atoms with van der Waals surface area (Å²) in [6.07, 6.45) is 0. The predicted molar refractivity (Wildman–Crippen MR) is 92.8 cm³/mol. The smallest absolute Gasteiger partial charge is 0.251 e. The quantitative estimate of drug-likeness (QED) is 0.798. The molecule has 0 saturated heterocycles. The number of amides is 1. The van der Waals surface area contributed by atoms with Crippen LogP contribution in [0.4, 0.5) is 0 Å². The van der Waals surface area contributed by atoms with Gasteiger partial charge in [0.05, 0.1) is 18.3 Å². The number of hydrogen-bond donors (Lipinski definition) is 2. The van der Waals surface area contributed by atoms with E-state index in [-0.39, 0.29) is 18.6 Å². The van der Waals surface area contributed by atoms with Crippen molar-refractivity contribution in [3.63, 3.8) is 0 Å². The third-order valence-corrected chi connectivity index (χ3v) is 4.81. The molecule has 1 aromatic carbocycles. The second-order valence-corrected chi connectivity index (χ2v) is 6.67. The number of aromatic nitrogens is 2. The van der Waals surface area contributed by atoms with Crippen molar-refractivity contribution in [3.8, 4) is 0 Å². The number of nitrogens with zero attached hydrogens (tertiary/aromatic N) is 2. The Labute approximate surface area is 141 Å². The summed E-state index contributed by atoms with van der Waals surface area (Å²) in [5.74, 6) is 0.557. The second kappa shape index (κ2) is 7.66. The summed E-state index contributed by atoms with van der Waals surface area (Å²) < 4.78 is 1.83. The minimum Gasteiger partial charge on any atom is -0.396 e. The summed E-state index contributed by atoms with van der Waals surface area (Å²) in [4.78, 5) is 13.4. The third kappa shape index (κ3) is 4.14. The second-order valence-electron chi connectivity index (χ2n) is 5.50. The molecular formula is C17H23N3O2S. The largest absolute Gasteiger partial charge is 0.396 e. The van der Waals surface area contributed by atoms with Crippen LogP contribution in [0.1, 0.15) is 40.3 Å². The molecule has 0 saturated carbocycles. The van der Waals surface area contributed by atoms with Crippen molar-refractivity contribution in [3.05, 3.63) is 46.8 Å². The van der Waals surface area contributed by atoms with Gasteiger partial charge in [-0.3, -0.25) is 9.48 Å². The average Bonchev–Trinajstić information content (AvgIpc) is 2.78. The number of carbonyl (C=O) groups excluding carboxylic acids is 1. The van der Waals surface area contributed by atoms with E-state index in [2.05, 4.69) is 10.4 Å². The lowest BCUT2D eigenvalue weighted by atomic mass is 10.1. The molecule has 5 nitrogen and oxygen atoms in total. The summed E-state index contributed by atoms with van der Waals surface area (Å²) in [5.41, 5.74) is 3.69. The van der Waals surface area contributed by atoms with Gasteiger partial charge in [-0.15, -0.1) is 11.8 Å². The molecule has 2 aromatic rings. The predicted octanol–water partition coefficient (Wildman–Crippen LogP) is 2.61. The van der Waals surface area contributed by atoms with E-state index in [1.807, 2.05) is 56.8 Å². The van der Waals surface area contributed by atoms with Crippen LogP contribution in [0.3, 0.4) is 0 Å². The minimum atomic E-state index is -0.0983. The van der Waals surface area contributed by atoms with Gasteiger partial charge in [-0.2, -0.15) is 5.10 Å². The molecule has 1 aromatic heterocycles. The van der Waals surface area contributed by atoms with Gasteiger partial charge in [0.2, 0.25) is 0 Å². The molecule has 124 valence electrons. The highest BCUT2D eigenvalue weighted by atomic mass is 32.2. The zero-order valence-electron chi connectivity index (χ0n) is 14.0. The Balaban J connectivity index is 2.06. The van der Waals surface area contributed by atoms with Crippen molar-refractivity contribution in [1.82, 2.24) is 15.1 Å². The van der Waals surface area contributed by atoms with Gasteiger partial charge in [0.25, 0.3) is 5.91 Å². The topological polar surface area (TPSA) is 67.2 Å². The molecule has 0 radical (unpaired) electrons. The van der Waals surface area contributed by atoms with E-state index in [0.717, 1.165) is 21.8 Å². The Kier molecular flexibility index (Phi) is 5.85. The maximum Gasteiger partial charge on any atom is 0.251 e. The molecule has 0 aliphatic heterocycles. The van der Waals surface area contributed by atoms with Crippen LogP contribution in [-0.2, 0) is 7.05 Å². The number of nitrogens with one attached hydrogen (secondary N) is 1. The lowest BCUT2D eigenvalue weighted by Crippen LogP contribution is -2.27. The number of benzene rings is 1. The van der Waals surface area contributed by atoms with Crippen LogP contribution in [0.2, 0.25) is 0 Å². The van der Waals surface area contributed by atoms with Crippen LogP contribution in [0.15, 0.2) is 29.2 Å². The Morgan fingerprint density at radius 1 is 1.35 bits per heavy atom. The third-order valence-electron chi connectivity index (χ3n) is 3.82. The fourth-order valence-corrected chi connectivity index (χ4v) is 3.29. The van der Waals surface area contributed by atoms with Crippen molar-refractivity contribution in [2.24, 2.45) is 7.05 Å². The Hall–Kier alpha value is -1.79. The van der Waals surface area contributed by atoms with Crippen molar-refractivity contribution < 1.29 is 9.90 Å². The Morgan fingerprint density at radius 3 is 2.52 bits per heavy atom. The average molecular weight is 333 g/mol. The van der Waals surface area contributed by atoms with Gasteiger partial charge in [-0.25, -0.2) is 0 Å². The summed E-state index contributed by atoms with van der Waals surface area (Å²) in [5, 5.41) is 16.3. The zero-order chi connectivity index (χ0) is 17.0. The van der Waals surface area contributed by atoms with Gasteiger partial charge >= 0.3 is 0 Å². The SMILES string of the molecule is Cc1nn(C)c(C)c1[C@@H](C)NC(=O)c1ccc(SCCO)cc1. The highest BCUT2D eigenvalue weighted by molar-refractivity contribution is 7.99. The van der Waals surface area contributed by atoms with Crippen LogP contribution in [-0.4, -0.2) is 33.2 Å². The summed E-state index contributed by atoms with van der Waals surface area (Å²) in [6.45, 7) is 6.08. The Morgan fingerprint density at radius 2 is 2.00 bits per heavy atom. The van der Waals surface area contributed by atoms with E-state index >= 15 is 0 Å². The summed E-state index contributed by atoms with van der Waals surface area (Å²) >= 11 is 1.57. The highest BCUT2D eigenvalue weighted by Crippen LogP contribution is 2.22. The van der Waals surface area contributed by atoms with Crippen molar-refractivity contribution in [2.45, 2.75) is 31.7 Å². The number of aryl methyl sites for hydroxylation is 2. The number of thioether (sulfide) groups is 1. The first kappa shape index (κ1) is 17.6. The van der Waals surface area contributed by atoms with Gasteiger partial charge in [0.1, 0.15) is 0 Å². The van der Waals surface area contributed by atoms with Gasteiger partial charge in [0, 0.05) is 34.5 Å². The molecule has 0 aliphatic carbocycles. The number of rotatable bonds is 6. The van der Waals surface area contributed by atoms with E-state index in [9.17, 15) is 4.79 Å². The fraction of sp³-hybridized carbons (Fsp3) is 0.412. The van der Waals surface area contributed by atoms with E-state index in [0.29, 0.717) is 11.3 Å². The van der Waals surface area contributed by atoms with Crippen molar-refractivity contribution in [2.75, 3.05) is 12.4 Å². The van der Waals surface area contributed by atoms with Crippen LogP contribution in [0.25, 0.3) is 0 Å². The van der Waals surface area contributed by atoms with Gasteiger partial charge in [-0.1, -0.05) is 0 Å². The van der Waals surface area contributed by atoms with Gasteiger partial charge < -0.3 is 10.4 Å². The first-order chi connectivity index (χ1) is 10.9. The number of aliphatic hydroxyl groups excluding tert-OH is 1. The van der Waals surface area contributed by atoms with Crippen molar-refractivity contribution in [1.29, 1.82) is 0 Å². The van der Waals surface area contributed by atoms with Crippen LogP contribution >= 0.6 is 11.8 Å². The Bertz CT molecular complexity index is 680. The molecule has 0 fully saturated rings. The molecular weight excluding hydrogens is 310 g/mol. The normalized spacial score (nSPS) is 12.2. The maximum atomic E-state index is 12.4. The molecule has 23 heavy (non-hydrogen) atoms. The molecule has 6 heteroatoms. The molecule has 0 unspecified atom stereocenters. The zero-order valence-corrected chi connectivity index (χ0v) is 14.8. The molecule has 1 atom stereocenters. The van der Waals surface area contributed by atoms with Gasteiger partial charge in [0.15, 0.2) is 0 Å². The molecule has 1 amide bonds. The van der Waals surface area contributed by atoms with E-state index < -0.39 is 0 Å². The molecule has 1 heterocycles. The fourth-order valence-electron chi connectivity index (χ4n) is 2.63. The lowest BCUT2D eigenvalue weighted by molar-refractivity contribution is 0.0939. The highest BCUT2D eigenvalue weighted by Gasteiger charge is 2.18. The first-order valence-corrected chi connectivity index (χ1v) is 8.57. The molecule has 2 N–H and O–H groups in total. The van der Waals surface area contributed by atoms with Crippen LogP contribution in [0.5, 0.6) is 0 Å². The minimum absolute atomic E-state index is 0.0976.